The Balaban J connectivity index is 2.70. The number of rotatable bonds is 5. The summed E-state index contributed by atoms with van der Waals surface area (Å²) >= 11 is 7.87. The fraction of sp³-hybridized carbons (Fsp3) is 0.800. The van der Waals surface area contributed by atoms with Gasteiger partial charge in [-0.25, -0.2) is 0 Å². The molecule has 0 bridgehead atoms. The van der Waals surface area contributed by atoms with Crippen LogP contribution in [0.25, 0.3) is 0 Å². The van der Waals surface area contributed by atoms with Crippen LogP contribution in [0.2, 0.25) is 5.28 Å². The summed E-state index contributed by atoms with van der Waals surface area (Å²) in [7, 11) is 0. The molecule has 15 heavy (non-hydrogen) atoms. The van der Waals surface area contributed by atoms with Gasteiger partial charge in [0, 0.05) is 17.7 Å². The lowest BCUT2D eigenvalue weighted by atomic mass is 10.2. The Hall–Kier alpha value is -0.220. The Bertz CT molecular complexity index is 312. The van der Waals surface area contributed by atoms with Gasteiger partial charge in [-0.1, -0.05) is 20.8 Å². The molecule has 0 saturated heterocycles. The van der Waals surface area contributed by atoms with Crippen LogP contribution >= 0.6 is 23.4 Å². The van der Waals surface area contributed by atoms with Gasteiger partial charge in [-0.2, -0.15) is 11.8 Å². The third-order valence-electron chi connectivity index (χ3n) is 2.41. The van der Waals surface area contributed by atoms with Crippen LogP contribution in [0.15, 0.2) is 0 Å². The van der Waals surface area contributed by atoms with Crippen LogP contribution in [0.1, 0.15) is 38.9 Å². The molecular weight excluding hydrogens is 230 g/mol. The molecular formula is C10H18ClN3S. The average molecular weight is 248 g/mol. The maximum atomic E-state index is 6.00. The molecule has 0 aliphatic heterocycles. The number of aromatic nitrogens is 3. The highest BCUT2D eigenvalue weighted by molar-refractivity contribution is 7.99. The molecule has 1 aromatic heterocycles. The average Bonchev–Trinajstić information content (AvgIpc) is 2.56. The van der Waals surface area contributed by atoms with Crippen LogP contribution in [0, 0.1) is 0 Å². The first kappa shape index (κ1) is 12.8. The molecule has 1 aromatic rings. The number of thioether (sulfide) groups is 1. The van der Waals surface area contributed by atoms with Crippen LogP contribution in [-0.4, -0.2) is 26.3 Å². The van der Waals surface area contributed by atoms with Crippen molar-refractivity contribution < 1.29 is 0 Å². The zero-order valence-corrected chi connectivity index (χ0v) is 11.3. The van der Waals surface area contributed by atoms with Gasteiger partial charge in [0.05, 0.1) is 0 Å². The second-order valence-corrected chi connectivity index (χ2v) is 5.58. The topological polar surface area (TPSA) is 30.7 Å². The van der Waals surface area contributed by atoms with Gasteiger partial charge in [-0.15, -0.1) is 10.2 Å². The SMILES string of the molecule is CSC(C)CCn1c(Cl)nnc1C(C)C. The zero-order valence-electron chi connectivity index (χ0n) is 9.70. The minimum absolute atomic E-state index is 0.370. The highest BCUT2D eigenvalue weighted by Crippen LogP contribution is 2.19. The second-order valence-electron chi connectivity index (χ2n) is 3.97. The minimum atomic E-state index is 0.370. The predicted molar refractivity (Wildman–Crippen MR) is 66.7 cm³/mol. The summed E-state index contributed by atoms with van der Waals surface area (Å²) in [5.41, 5.74) is 0. The van der Waals surface area contributed by atoms with E-state index in [2.05, 4.69) is 37.2 Å². The van der Waals surface area contributed by atoms with Crippen LogP contribution in [0.4, 0.5) is 0 Å². The molecule has 0 aromatic carbocycles. The van der Waals surface area contributed by atoms with E-state index >= 15 is 0 Å². The molecule has 0 N–H and O–H groups in total. The van der Waals surface area contributed by atoms with Crippen molar-refractivity contribution in [2.75, 3.05) is 6.26 Å². The standard InChI is InChI=1S/C10H18ClN3S/c1-7(2)9-12-13-10(11)14(9)6-5-8(3)15-4/h7-8H,5-6H2,1-4H3. The lowest BCUT2D eigenvalue weighted by Crippen LogP contribution is -2.09. The zero-order chi connectivity index (χ0) is 11.4. The van der Waals surface area contributed by atoms with E-state index in [0.717, 1.165) is 18.8 Å². The molecule has 1 unspecified atom stereocenters. The van der Waals surface area contributed by atoms with Crippen LogP contribution in [-0.2, 0) is 6.54 Å². The Morgan fingerprint density at radius 2 is 2.00 bits per heavy atom. The van der Waals surface area contributed by atoms with Crippen molar-refractivity contribution >= 4 is 23.4 Å². The quantitative estimate of drug-likeness (QED) is 0.801. The molecule has 86 valence electrons. The maximum Gasteiger partial charge on any atom is 0.225 e. The van der Waals surface area contributed by atoms with Crippen molar-refractivity contribution in [1.82, 2.24) is 14.8 Å². The fourth-order valence-electron chi connectivity index (χ4n) is 1.36. The summed E-state index contributed by atoms with van der Waals surface area (Å²) in [5, 5.41) is 9.16. The summed E-state index contributed by atoms with van der Waals surface area (Å²) in [5.74, 6) is 1.35. The normalized spacial score (nSPS) is 13.5. The third kappa shape index (κ3) is 3.38. The van der Waals surface area contributed by atoms with Crippen LogP contribution in [0.5, 0.6) is 0 Å². The van der Waals surface area contributed by atoms with Gasteiger partial charge in [0.15, 0.2) is 0 Å². The number of hydrogen-bond acceptors (Lipinski definition) is 3. The Morgan fingerprint density at radius 3 is 2.53 bits per heavy atom. The molecule has 0 spiro atoms. The Kier molecular flexibility index (Phi) is 4.93. The second kappa shape index (κ2) is 5.75. The first-order valence-electron chi connectivity index (χ1n) is 5.17. The number of halogens is 1. The highest BCUT2D eigenvalue weighted by Gasteiger charge is 2.13. The van der Waals surface area contributed by atoms with E-state index in [4.69, 9.17) is 11.6 Å². The van der Waals surface area contributed by atoms with Crippen molar-refractivity contribution in [3.8, 4) is 0 Å². The first-order valence-corrected chi connectivity index (χ1v) is 6.84. The Morgan fingerprint density at radius 1 is 1.33 bits per heavy atom. The smallest absolute Gasteiger partial charge is 0.225 e. The van der Waals surface area contributed by atoms with E-state index in [1.54, 1.807) is 0 Å². The van der Waals surface area contributed by atoms with Gasteiger partial charge < -0.3 is 4.57 Å². The van der Waals surface area contributed by atoms with E-state index in [9.17, 15) is 0 Å². The molecule has 0 amide bonds. The maximum absolute atomic E-state index is 6.00. The van der Waals surface area contributed by atoms with E-state index < -0.39 is 0 Å². The molecule has 0 fully saturated rings. The van der Waals surface area contributed by atoms with Gasteiger partial charge >= 0.3 is 0 Å². The van der Waals surface area contributed by atoms with Crippen molar-refractivity contribution in [1.29, 1.82) is 0 Å². The number of nitrogens with zero attached hydrogens (tertiary/aromatic N) is 3. The third-order valence-corrected chi connectivity index (χ3v) is 3.73. The monoisotopic (exact) mass is 247 g/mol. The summed E-state index contributed by atoms with van der Waals surface area (Å²) < 4.78 is 2.01. The molecule has 3 nitrogen and oxygen atoms in total. The summed E-state index contributed by atoms with van der Waals surface area (Å²) in [6, 6.07) is 0. The molecule has 5 heteroatoms. The van der Waals surface area contributed by atoms with Gasteiger partial charge in [0.2, 0.25) is 5.28 Å². The molecule has 0 saturated carbocycles. The lowest BCUT2D eigenvalue weighted by molar-refractivity contribution is 0.589. The first-order chi connectivity index (χ1) is 7.06. The fourth-order valence-corrected chi connectivity index (χ4v) is 1.91. The van der Waals surface area contributed by atoms with E-state index in [0.29, 0.717) is 16.5 Å². The van der Waals surface area contributed by atoms with Crippen molar-refractivity contribution in [2.24, 2.45) is 0 Å². The predicted octanol–water partition coefficient (Wildman–Crippen LogP) is 3.20. The van der Waals surface area contributed by atoms with Crippen molar-refractivity contribution in [2.45, 2.75) is 44.9 Å². The lowest BCUT2D eigenvalue weighted by Gasteiger charge is -2.12. The minimum Gasteiger partial charge on any atom is -0.302 e. The molecule has 0 radical (unpaired) electrons. The van der Waals surface area contributed by atoms with Gasteiger partial charge in [-0.05, 0) is 24.3 Å². The van der Waals surface area contributed by atoms with Crippen molar-refractivity contribution in [3.63, 3.8) is 0 Å². The van der Waals surface area contributed by atoms with Gasteiger partial charge in [0.1, 0.15) is 5.82 Å². The highest BCUT2D eigenvalue weighted by atomic mass is 35.5. The van der Waals surface area contributed by atoms with Gasteiger partial charge in [-0.3, -0.25) is 0 Å². The van der Waals surface area contributed by atoms with E-state index in [1.807, 2.05) is 16.3 Å². The Labute approximate surface area is 101 Å². The molecule has 1 atom stereocenters. The van der Waals surface area contributed by atoms with E-state index in [1.165, 1.54) is 0 Å². The summed E-state index contributed by atoms with van der Waals surface area (Å²) in [6.07, 6.45) is 3.22. The summed E-state index contributed by atoms with van der Waals surface area (Å²) in [4.78, 5) is 0. The van der Waals surface area contributed by atoms with Crippen LogP contribution < -0.4 is 0 Å². The molecule has 0 aliphatic rings. The molecule has 0 aliphatic carbocycles. The van der Waals surface area contributed by atoms with Crippen LogP contribution in [0.3, 0.4) is 0 Å². The largest absolute Gasteiger partial charge is 0.302 e. The molecule has 1 rings (SSSR count). The van der Waals surface area contributed by atoms with E-state index in [-0.39, 0.29) is 0 Å². The van der Waals surface area contributed by atoms with Crippen molar-refractivity contribution in [3.05, 3.63) is 11.1 Å². The number of hydrogen-bond donors (Lipinski definition) is 0. The van der Waals surface area contributed by atoms with Gasteiger partial charge in [0.25, 0.3) is 0 Å². The summed E-state index contributed by atoms with van der Waals surface area (Å²) in [6.45, 7) is 7.34. The molecule has 1 heterocycles.